The lowest BCUT2D eigenvalue weighted by Gasteiger charge is -2.29. The molecule has 0 bridgehead atoms. The number of piperidine rings is 1. The summed E-state index contributed by atoms with van der Waals surface area (Å²) in [7, 11) is -3.85. The van der Waals surface area contributed by atoms with Gasteiger partial charge >= 0.3 is 0 Å². The molecular formula is C19H23N3O3S. The topological polar surface area (TPSA) is 92.5 Å². The van der Waals surface area contributed by atoms with Crippen molar-refractivity contribution < 1.29 is 13.2 Å². The summed E-state index contributed by atoms with van der Waals surface area (Å²) in [5, 5.41) is 7.99. The number of carbonyl (C=O) groups is 1. The fraction of sp³-hybridized carbons (Fsp3) is 0.316. The molecule has 1 saturated heterocycles. The maximum Gasteiger partial charge on any atom is 0.255 e. The molecule has 0 unspecified atom stereocenters. The molecule has 3 N–H and O–H groups in total. The number of amides is 1. The van der Waals surface area contributed by atoms with Gasteiger partial charge in [0.15, 0.2) is 0 Å². The van der Waals surface area contributed by atoms with Crippen molar-refractivity contribution in [2.45, 2.75) is 31.1 Å². The summed E-state index contributed by atoms with van der Waals surface area (Å²) in [5.74, 6) is -0.370. The highest BCUT2D eigenvalue weighted by atomic mass is 32.2. The van der Waals surface area contributed by atoms with Gasteiger partial charge in [-0.3, -0.25) is 4.79 Å². The molecule has 1 amide bonds. The smallest absolute Gasteiger partial charge is 0.255 e. The number of hydrogen-bond acceptors (Lipinski definition) is 4. The van der Waals surface area contributed by atoms with Gasteiger partial charge in [-0.25, -0.2) is 13.6 Å². The van der Waals surface area contributed by atoms with E-state index in [1.165, 1.54) is 37.5 Å². The van der Waals surface area contributed by atoms with Crippen molar-refractivity contribution in [2.24, 2.45) is 5.14 Å². The minimum atomic E-state index is -3.85. The molecule has 1 aliphatic heterocycles. The molecule has 138 valence electrons. The Labute approximate surface area is 154 Å². The highest BCUT2D eigenvalue weighted by Gasteiger charge is 2.15. The molecule has 0 spiro atoms. The average molecular weight is 373 g/mol. The normalized spacial score (nSPS) is 14.9. The number of rotatable bonds is 4. The van der Waals surface area contributed by atoms with Gasteiger partial charge in [0.1, 0.15) is 0 Å². The maximum atomic E-state index is 12.5. The SMILES string of the molecule is Cc1cc(NC(=O)c2cccc(S(N)(=O)=O)c2)cc(N2CCCCC2)c1. The van der Waals surface area contributed by atoms with Crippen LogP contribution in [-0.4, -0.2) is 27.4 Å². The molecule has 0 atom stereocenters. The Morgan fingerprint density at radius 1 is 1.08 bits per heavy atom. The van der Waals surface area contributed by atoms with E-state index in [0.717, 1.165) is 24.3 Å². The largest absolute Gasteiger partial charge is 0.371 e. The van der Waals surface area contributed by atoms with E-state index < -0.39 is 10.0 Å². The van der Waals surface area contributed by atoms with E-state index in [0.29, 0.717) is 5.69 Å². The Morgan fingerprint density at radius 3 is 2.50 bits per heavy atom. The first-order chi connectivity index (χ1) is 12.3. The van der Waals surface area contributed by atoms with Crippen LogP contribution < -0.4 is 15.4 Å². The minimum absolute atomic E-state index is 0.0802. The molecule has 2 aromatic carbocycles. The van der Waals surface area contributed by atoms with Crippen LogP contribution in [0.4, 0.5) is 11.4 Å². The maximum absolute atomic E-state index is 12.5. The van der Waals surface area contributed by atoms with Crippen molar-refractivity contribution in [3.05, 3.63) is 53.6 Å². The van der Waals surface area contributed by atoms with Crippen LogP contribution >= 0.6 is 0 Å². The van der Waals surface area contributed by atoms with Gasteiger partial charge in [0, 0.05) is 30.0 Å². The summed E-state index contributed by atoms with van der Waals surface area (Å²) in [4.78, 5) is 14.8. The molecule has 0 radical (unpaired) electrons. The predicted octanol–water partition coefficient (Wildman–Crippen LogP) is 2.89. The van der Waals surface area contributed by atoms with Crippen LogP contribution in [0.1, 0.15) is 35.2 Å². The fourth-order valence-corrected chi connectivity index (χ4v) is 3.75. The van der Waals surface area contributed by atoms with Crippen LogP contribution in [0.3, 0.4) is 0 Å². The minimum Gasteiger partial charge on any atom is -0.371 e. The number of nitrogens with zero attached hydrogens (tertiary/aromatic N) is 1. The van der Waals surface area contributed by atoms with E-state index in [1.54, 1.807) is 6.07 Å². The Hall–Kier alpha value is -2.38. The molecule has 26 heavy (non-hydrogen) atoms. The third-order valence-electron chi connectivity index (χ3n) is 4.47. The first-order valence-corrected chi connectivity index (χ1v) is 10.2. The van der Waals surface area contributed by atoms with Crippen molar-refractivity contribution in [3.8, 4) is 0 Å². The molecule has 1 aliphatic rings. The Morgan fingerprint density at radius 2 is 1.81 bits per heavy atom. The van der Waals surface area contributed by atoms with E-state index in [4.69, 9.17) is 5.14 Å². The lowest BCUT2D eigenvalue weighted by Crippen LogP contribution is -2.29. The van der Waals surface area contributed by atoms with Crippen LogP contribution in [0.2, 0.25) is 0 Å². The third kappa shape index (κ3) is 4.42. The van der Waals surface area contributed by atoms with E-state index in [2.05, 4.69) is 16.3 Å². The molecular weight excluding hydrogens is 350 g/mol. The molecule has 1 fully saturated rings. The van der Waals surface area contributed by atoms with Gasteiger partial charge in [-0.2, -0.15) is 0 Å². The average Bonchev–Trinajstić information content (AvgIpc) is 2.61. The van der Waals surface area contributed by atoms with Crippen molar-refractivity contribution in [1.82, 2.24) is 0 Å². The van der Waals surface area contributed by atoms with Crippen molar-refractivity contribution >= 4 is 27.3 Å². The summed E-state index contributed by atoms with van der Waals surface area (Å²) in [5.41, 5.74) is 3.09. The number of sulfonamides is 1. The number of primary sulfonamides is 1. The summed E-state index contributed by atoms with van der Waals surface area (Å²) < 4.78 is 22.9. The van der Waals surface area contributed by atoms with Crippen LogP contribution in [0.25, 0.3) is 0 Å². The van der Waals surface area contributed by atoms with Crippen molar-refractivity contribution in [1.29, 1.82) is 0 Å². The lowest BCUT2D eigenvalue weighted by atomic mass is 10.1. The van der Waals surface area contributed by atoms with Gasteiger partial charge in [-0.05, 0) is 68.1 Å². The van der Waals surface area contributed by atoms with E-state index in [-0.39, 0.29) is 16.4 Å². The molecule has 6 nitrogen and oxygen atoms in total. The zero-order valence-electron chi connectivity index (χ0n) is 14.7. The van der Waals surface area contributed by atoms with Gasteiger partial charge in [0.2, 0.25) is 10.0 Å². The van der Waals surface area contributed by atoms with E-state index in [1.807, 2.05) is 19.1 Å². The van der Waals surface area contributed by atoms with Gasteiger partial charge in [-0.15, -0.1) is 0 Å². The molecule has 1 heterocycles. The van der Waals surface area contributed by atoms with Crippen molar-refractivity contribution in [2.75, 3.05) is 23.3 Å². The summed E-state index contributed by atoms with van der Waals surface area (Å²) in [6.07, 6.45) is 3.61. The summed E-state index contributed by atoms with van der Waals surface area (Å²) in [6, 6.07) is 11.7. The highest BCUT2D eigenvalue weighted by Crippen LogP contribution is 2.25. The van der Waals surface area contributed by atoms with Crippen LogP contribution in [0.15, 0.2) is 47.4 Å². The Bertz CT molecular complexity index is 919. The number of aryl methyl sites for hydroxylation is 1. The molecule has 7 heteroatoms. The first-order valence-electron chi connectivity index (χ1n) is 8.64. The predicted molar refractivity (Wildman–Crippen MR) is 103 cm³/mol. The van der Waals surface area contributed by atoms with E-state index in [9.17, 15) is 13.2 Å². The van der Waals surface area contributed by atoms with Gasteiger partial charge in [0.05, 0.1) is 4.90 Å². The number of nitrogens with two attached hydrogens (primary N) is 1. The number of nitrogens with one attached hydrogen (secondary N) is 1. The standard InChI is InChI=1S/C19H23N3O3S/c1-14-10-16(13-17(11-14)22-8-3-2-4-9-22)21-19(23)15-6-5-7-18(12-15)26(20,24)25/h5-7,10-13H,2-4,8-9H2,1H3,(H,21,23)(H2,20,24,25). The van der Waals surface area contributed by atoms with Gasteiger partial charge in [-0.1, -0.05) is 6.07 Å². The fourth-order valence-electron chi connectivity index (χ4n) is 3.19. The van der Waals surface area contributed by atoms with Crippen LogP contribution in [-0.2, 0) is 10.0 Å². The molecule has 0 aliphatic carbocycles. The van der Waals surface area contributed by atoms with Gasteiger partial charge in [0.25, 0.3) is 5.91 Å². The Balaban J connectivity index is 1.82. The number of benzene rings is 2. The zero-order valence-corrected chi connectivity index (χ0v) is 15.6. The Kier molecular flexibility index (Phi) is 5.29. The molecule has 2 aromatic rings. The number of anilines is 2. The highest BCUT2D eigenvalue weighted by molar-refractivity contribution is 7.89. The van der Waals surface area contributed by atoms with Crippen molar-refractivity contribution in [3.63, 3.8) is 0 Å². The second-order valence-corrected chi connectivity index (χ2v) is 8.19. The van der Waals surface area contributed by atoms with Crippen LogP contribution in [0.5, 0.6) is 0 Å². The number of hydrogen-bond donors (Lipinski definition) is 2. The summed E-state index contributed by atoms with van der Waals surface area (Å²) in [6.45, 7) is 4.03. The second kappa shape index (κ2) is 7.47. The molecule has 0 saturated carbocycles. The molecule has 0 aromatic heterocycles. The van der Waals surface area contributed by atoms with Gasteiger partial charge < -0.3 is 10.2 Å². The zero-order chi connectivity index (χ0) is 18.7. The third-order valence-corrected chi connectivity index (χ3v) is 5.38. The first kappa shape index (κ1) is 18.4. The van der Waals surface area contributed by atoms with Crippen LogP contribution in [0, 0.1) is 6.92 Å². The second-order valence-electron chi connectivity index (χ2n) is 6.63. The number of carbonyl (C=O) groups excluding carboxylic acids is 1. The summed E-state index contributed by atoms with van der Waals surface area (Å²) >= 11 is 0. The van der Waals surface area contributed by atoms with E-state index >= 15 is 0 Å². The quantitative estimate of drug-likeness (QED) is 0.862. The lowest BCUT2D eigenvalue weighted by molar-refractivity contribution is 0.102. The monoisotopic (exact) mass is 373 g/mol. The molecule has 3 rings (SSSR count).